The van der Waals surface area contributed by atoms with Crippen LogP contribution in [-0.4, -0.2) is 35.6 Å². The van der Waals surface area contributed by atoms with Crippen molar-refractivity contribution in [2.24, 2.45) is 0 Å². The maximum absolute atomic E-state index is 4.73. The SMILES string of the molecule is CCN(Cc1nc2ccccc2s1)C1CCNC1. The number of aromatic nitrogens is 1. The molecule has 1 aromatic carbocycles. The topological polar surface area (TPSA) is 28.2 Å². The van der Waals surface area contributed by atoms with Crippen LogP contribution < -0.4 is 5.32 Å². The van der Waals surface area contributed by atoms with Gasteiger partial charge in [0.2, 0.25) is 0 Å². The summed E-state index contributed by atoms with van der Waals surface area (Å²) in [6.07, 6.45) is 1.26. The lowest BCUT2D eigenvalue weighted by atomic mass is 10.2. The summed E-state index contributed by atoms with van der Waals surface area (Å²) < 4.78 is 1.30. The summed E-state index contributed by atoms with van der Waals surface area (Å²) in [7, 11) is 0. The molecule has 96 valence electrons. The molecule has 0 saturated carbocycles. The van der Waals surface area contributed by atoms with Gasteiger partial charge in [-0.1, -0.05) is 19.1 Å². The monoisotopic (exact) mass is 261 g/mol. The van der Waals surface area contributed by atoms with Gasteiger partial charge in [-0.3, -0.25) is 4.90 Å². The van der Waals surface area contributed by atoms with Crippen molar-refractivity contribution in [2.45, 2.75) is 25.9 Å². The first-order valence-corrected chi connectivity index (χ1v) is 7.47. The molecule has 2 aromatic rings. The fourth-order valence-electron chi connectivity index (χ4n) is 2.61. The van der Waals surface area contributed by atoms with Crippen LogP contribution in [0.3, 0.4) is 0 Å². The Morgan fingerprint density at radius 3 is 3.06 bits per heavy atom. The number of nitrogens with zero attached hydrogens (tertiary/aromatic N) is 2. The first-order chi connectivity index (χ1) is 8.86. The van der Waals surface area contributed by atoms with E-state index in [0.717, 1.165) is 31.7 Å². The lowest BCUT2D eigenvalue weighted by molar-refractivity contribution is 0.210. The highest BCUT2D eigenvalue weighted by molar-refractivity contribution is 7.18. The number of fused-ring (bicyclic) bond motifs is 1. The molecule has 0 bridgehead atoms. The third-order valence-corrected chi connectivity index (χ3v) is 4.65. The molecule has 4 heteroatoms. The van der Waals surface area contributed by atoms with Crippen molar-refractivity contribution >= 4 is 21.6 Å². The second kappa shape index (κ2) is 5.34. The zero-order chi connectivity index (χ0) is 12.4. The van der Waals surface area contributed by atoms with E-state index in [4.69, 9.17) is 4.98 Å². The first kappa shape index (κ1) is 12.1. The van der Waals surface area contributed by atoms with Gasteiger partial charge in [-0.25, -0.2) is 4.98 Å². The molecular weight excluding hydrogens is 242 g/mol. The molecule has 3 nitrogen and oxygen atoms in total. The van der Waals surface area contributed by atoms with Gasteiger partial charge in [-0.2, -0.15) is 0 Å². The maximum atomic E-state index is 4.73. The average molecular weight is 261 g/mol. The second-order valence-corrected chi connectivity index (χ2v) is 5.90. The van der Waals surface area contributed by atoms with Gasteiger partial charge in [0.1, 0.15) is 5.01 Å². The van der Waals surface area contributed by atoms with Crippen LogP contribution in [0.5, 0.6) is 0 Å². The largest absolute Gasteiger partial charge is 0.315 e. The van der Waals surface area contributed by atoms with Gasteiger partial charge in [0, 0.05) is 12.6 Å². The van der Waals surface area contributed by atoms with Crippen LogP contribution in [0.1, 0.15) is 18.4 Å². The zero-order valence-corrected chi connectivity index (χ0v) is 11.5. The van der Waals surface area contributed by atoms with E-state index in [1.165, 1.54) is 16.1 Å². The fraction of sp³-hybridized carbons (Fsp3) is 0.500. The van der Waals surface area contributed by atoms with E-state index in [9.17, 15) is 0 Å². The van der Waals surface area contributed by atoms with Gasteiger partial charge in [0.05, 0.1) is 16.8 Å². The van der Waals surface area contributed by atoms with Crippen LogP contribution in [0.15, 0.2) is 24.3 Å². The van der Waals surface area contributed by atoms with Crippen molar-refractivity contribution in [1.29, 1.82) is 0 Å². The molecule has 1 N–H and O–H groups in total. The summed E-state index contributed by atoms with van der Waals surface area (Å²) >= 11 is 1.83. The molecule has 1 saturated heterocycles. The Bertz CT molecular complexity index is 483. The van der Waals surface area contributed by atoms with Crippen LogP contribution in [0, 0.1) is 0 Å². The lowest BCUT2D eigenvalue weighted by Gasteiger charge is -2.25. The van der Waals surface area contributed by atoms with Crippen LogP contribution in [0.2, 0.25) is 0 Å². The summed E-state index contributed by atoms with van der Waals surface area (Å²) in [5, 5.41) is 4.68. The molecule has 18 heavy (non-hydrogen) atoms. The highest BCUT2D eigenvalue weighted by atomic mass is 32.1. The number of para-hydroxylation sites is 1. The average Bonchev–Trinajstić information content (AvgIpc) is 3.04. The van der Waals surface area contributed by atoms with Gasteiger partial charge in [0.15, 0.2) is 0 Å². The standard InChI is InChI=1S/C14H19N3S/c1-2-17(11-7-8-15-9-11)10-14-16-12-5-3-4-6-13(12)18-14/h3-6,11,15H,2,7-10H2,1H3. The predicted molar refractivity (Wildman–Crippen MR) is 77.0 cm³/mol. The first-order valence-electron chi connectivity index (χ1n) is 6.66. The Morgan fingerprint density at radius 1 is 1.44 bits per heavy atom. The van der Waals surface area contributed by atoms with Crippen molar-refractivity contribution in [1.82, 2.24) is 15.2 Å². The summed E-state index contributed by atoms with van der Waals surface area (Å²) in [4.78, 5) is 7.27. The molecule has 1 aliphatic heterocycles. The number of hydrogen-bond acceptors (Lipinski definition) is 4. The molecule has 1 unspecified atom stereocenters. The molecule has 2 heterocycles. The van der Waals surface area contributed by atoms with E-state index in [-0.39, 0.29) is 0 Å². The minimum atomic E-state index is 0.682. The van der Waals surface area contributed by atoms with Crippen molar-refractivity contribution in [2.75, 3.05) is 19.6 Å². The van der Waals surface area contributed by atoms with Crippen LogP contribution >= 0.6 is 11.3 Å². The smallest absolute Gasteiger partial charge is 0.108 e. The Morgan fingerprint density at radius 2 is 2.33 bits per heavy atom. The van der Waals surface area contributed by atoms with E-state index < -0.39 is 0 Å². The van der Waals surface area contributed by atoms with Crippen LogP contribution in [0.4, 0.5) is 0 Å². The van der Waals surface area contributed by atoms with Crippen molar-refractivity contribution < 1.29 is 0 Å². The number of benzene rings is 1. The van der Waals surface area contributed by atoms with Gasteiger partial charge in [0.25, 0.3) is 0 Å². The Balaban J connectivity index is 1.77. The van der Waals surface area contributed by atoms with E-state index in [2.05, 4.69) is 41.4 Å². The fourth-order valence-corrected chi connectivity index (χ4v) is 3.60. The van der Waals surface area contributed by atoms with Gasteiger partial charge >= 0.3 is 0 Å². The van der Waals surface area contributed by atoms with Gasteiger partial charge < -0.3 is 5.32 Å². The van der Waals surface area contributed by atoms with E-state index in [1.54, 1.807) is 0 Å². The molecule has 1 fully saturated rings. The quantitative estimate of drug-likeness (QED) is 0.916. The summed E-state index contributed by atoms with van der Waals surface area (Å²) in [6, 6.07) is 9.08. The molecular formula is C14H19N3S. The second-order valence-electron chi connectivity index (χ2n) is 4.79. The molecule has 1 atom stereocenters. The van der Waals surface area contributed by atoms with E-state index >= 15 is 0 Å². The Labute approximate surface area is 112 Å². The number of thiazole rings is 1. The molecule has 3 rings (SSSR count). The molecule has 1 aromatic heterocycles. The Hall–Kier alpha value is -0.970. The summed E-state index contributed by atoms with van der Waals surface area (Å²) in [6.45, 7) is 6.61. The number of rotatable bonds is 4. The lowest BCUT2D eigenvalue weighted by Crippen LogP contribution is -2.36. The van der Waals surface area contributed by atoms with Crippen molar-refractivity contribution in [3.63, 3.8) is 0 Å². The zero-order valence-electron chi connectivity index (χ0n) is 10.7. The highest BCUT2D eigenvalue weighted by Crippen LogP contribution is 2.23. The van der Waals surface area contributed by atoms with E-state index in [1.807, 2.05) is 11.3 Å². The number of likely N-dealkylation sites (N-methyl/N-ethyl adjacent to an activating group) is 1. The molecule has 0 amide bonds. The van der Waals surface area contributed by atoms with Crippen molar-refractivity contribution in [3.8, 4) is 0 Å². The van der Waals surface area contributed by atoms with Crippen LogP contribution in [-0.2, 0) is 6.54 Å². The molecule has 0 spiro atoms. The third-order valence-electron chi connectivity index (χ3n) is 3.63. The minimum Gasteiger partial charge on any atom is -0.315 e. The molecule has 0 aliphatic carbocycles. The van der Waals surface area contributed by atoms with Crippen LogP contribution in [0.25, 0.3) is 10.2 Å². The normalized spacial score (nSPS) is 20.0. The molecule has 1 aliphatic rings. The van der Waals surface area contributed by atoms with Crippen molar-refractivity contribution in [3.05, 3.63) is 29.3 Å². The van der Waals surface area contributed by atoms with Gasteiger partial charge in [-0.15, -0.1) is 11.3 Å². The van der Waals surface area contributed by atoms with E-state index in [0.29, 0.717) is 6.04 Å². The summed E-state index contributed by atoms with van der Waals surface area (Å²) in [5.41, 5.74) is 1.14. The number of hydrogen-bond donors (Lipinski definition) is 1. The van der Waals surface area contributed by atoms with Gasteiger partial charge in [-0.05, 0) is 31.6 Å². The minimum absolute atomic E-state index is 0.682. The Kier molecular flexibility index (Phi) is 3.59. The maximum Gasteiger partial charge on any atom is 0.108 e. The highest BCUT2D eigenvalue weighted by Gasteiger charge is 2.21. The number of nitrogens with one attached hydrogen (secondary N) is 1. The third kappa shape index (κ3) is 2.41. The molecule has 0 radical (unpaired) electrons. The summed E-state index contributed by atoms with van der Waals surface area (Å²) in [5.74, 6) is 0. The predicted octanol–water partition coefficient (Wildman–Crippen LogP) is 2.48.